The summed E-state index contributed by atoms with van der Waals surface area (Å²) in [5.74, 6) is 0.995. The number of nitrogens with one attached hydrogen (secondary N) is 1. The zero-order valence-corrected chi connectivity index (χ0v) is 19.7. The molecule has 0 aliphatic rings. The van der Waals surface area contributed by atoms with Crippen molar-refractivity contribution >= 4 is 52.6 Å². The second kappa shape index (κ2) is 11.5. The minimum atomic E-state index is 0.271. The van der Waals surface area contributed by atoms with E-state index in [1.165, 1.54) is 0 Å². The van der Waals surface area contributed by atoms with Crippen LogP contribution in [0.2, 0.25) is 20.1 Å². The molecule has 0 amide bonds. The smallest absolute Gasteiger partial charge is 0.180 e. The van der Waals surface area contributed by atoms with Gasteiger partial charge in [-0.05, 0) is 60.0 Å². The zero-order valence-electron chi connectivity index (χ0n) is 16.7. The third-order valence-corrected chi connectivity index (χ3v) is 5.47. The van der Waals surface area contributed by atoms with Crippen LogP contribution < -0.4 is 14.9 Å². The summed E-state index contributed by atoms with van der Waals surface area (Å²) in [5, 5.41) is 6.34. The van der Waals surface area contributed by atoms with Crippen molar-refractivity contribution in [3.05, 3.63) is 91.4 Å². The van der Waals surface area contributed by atoms with Crippen molar-refractivity contribution in [2.75, 3.05) is 6.61 Å². The van der Waals surface area contributed by atoms with E-state index < -0.39 is 0 Å². The SMILES string of the molecule is CCOc1cc(/C=N\NCc2ccc(Cl)cc2)cc(Cl)c1OCc1ccc(Cl)c(Cl)c1. The van der Waals surface area contributed by atoms with E-state index in [9.17, 15) is 0 Å². The molecule has 4 nitrogen and oxygen atoms in total. The molecular formula is C23H20Cl4N2O2. The molecule has 0 aliphatic carbocycles. The summed E-state index contributed by atoms with van der Waals surface area (Å²) in [5.41, 5.74) is 5.71. The first kappa shape index (κ1) is 23.6. The molecule has 0 bridgehead atoms. The van der Waals surface area contributed by atoms with Gasteiger partial charge in [0, 0.05) is 5.02 Å². The van der Waals surface area contributed by atoms with Crippen molar-refractivity contribution in [2.45, 2.75) is 20.1 Å². The Morgan fingerprint density at radius 3 is 2.29 bits per heavy atom. The number of benzene rings is 3. The number of hydrogen-bond donors (Lipinski definition) is 1. The lowest BCUT2D eigenvalue weighted by molar-refractivity contribution is 0.269. The van der Waals surface area contributed by atoms with Gasteiger partial charge in [0.25, 0.3) is 0 Å². The minimum Gasteiger partial charge on any atom is -0.490 e. The van der Waals surface area contributed by atoms with Gasteiger partial charge in [0.1, 0.15) is 6.61 Å². The fourth-order valence-electron chi connectivity index (χ4n) is 2.71. The minimum absolute atomic E-state index is 0.271. The third kappa shape index (κ3) is 6.94. The van der Waals surface area contributed by atoms with Crippen LogP contribution in [-0.4, -0.2) is 12.8 Å². The Kier molecular flexibility index (Phi) is 8.73. The second-order valence-corrected chi connectivity index (χ2v) is 8.18. The molecule has 0 fully saturated rings. The summed E-state index contributed by atoms with van der Waals surface area (Å²) < 4.78 is 11.6. The van der Waals surface area contributed by atoms with E-state index in [-0.39, 0.29) is 6.61 Å². The van der Waals surface area contributed by atoms with E-state index in [0.29, 0.717) is 44.7 Å². The molecule has 3 aromatic rings. The van der Waals surface area contributed by atoms with Gasteiger partial charge in [-0.1, -0.05) is 64.6 Å². The number of hydrogen-bond acceptors (Lipinski definition) is 4. The monoisotopic (exact) mass is 496 g/mol. The van der Waals surface area contributed by atoms with E-state index in [0.717, 1.165) is 16.7 Å². The van der Waals surface area contributed by atoms with Gasteiger partial charge in [-0.3, -0.25) is 0 Å². The Morgan fingerprint density at radius 2 is 1.58 bits per heavy atom. The maximum absolute atomic E-state index is 6.47. The van der Waals surface area contributed by atoms with Gasteiger partial charge in [0.05, 0.1) is 34.4 Å². The predicted octanol–water partition coefficient (Wildman–Crippen LogP) is 7.40. The average Bonchev–Trinajstić information content (AvgIpc) is 2.74. The molecule has 0 aromatic heterocycles. The molecule has 0 saturated heterocycles. The third-order valence-electron chi connectivity index (χ3n) is 4.20. The summed E-state index contributed by atoms with van der Waals surface area (Å²) in [7, 11) is 0. The fraction of sp³-hybridized carbons (Fsp3) is 0.174. The van der Waals surface area contributed by atoms with E-state index in [1.807, 2.05) is 43.3 Å². The first-order valence-corrected chi connectivity index (χ1v) is 11.0. The van der Waals surface area contributed by atoms with E-state index in [1.54, 1.807) is 24.4 Å². The number of ether oxygens (including phenoxy) is 2. The zero-order chi connectivity index (χ0) is 22.2. The molecule has 0 atom stereocenters. The van der Waals surface area contributed by atoms with Crippen LogP contribution in [0.15, 0.2) is 59.7 Å². The van der Waals surface area contributed by atoms with Crippen LogP contribution in [0.5, 0.6) is 11.5 Å². The first-order chi connectivity index (χ1) is 15.0. The average molecular weight is 498 g/mol. The lowest BCUT2D eigenvalue weighted by atomic mass is 10.2. The lowest BCUT2D eigenvalue weighted by Crippen LogP contribution is -2.06. The summed E-state index contributed by atoms with van der Waals surface area (Å²) in [4.78, 5) is 0. The molecule has 8 heteroatoms. The van der Waals surface area contributed by atoms with E-state index in [4.69, 9.17) is 55.9 Å². The highest BCUT2D eigenvalue weighted by atomic mass is 35.5. The summed E-state index contributed by atoms with van der Waals surface area (Å²) in [6.07, 6.45) is 1.67. The standard InChI is InChI=1S/C23H20Cl4N2O2/c1-2-30-22-11-17(13-29-28-12-15-3-6-18(24)7-4-15)10-21(27)23(22)31-14-16-5-8-19(25)20(26)9-16/h3-11,13,28H,2,12,14H2,1H3/b29-13-. The highest BCUT2D eigenvalue weighted by Gasteiger charge is 2.13. The van der Waals surface area contributed by atoms with Crippen LogP contribution in [0.1, 0.15) is 23.6 Å². The Hall–Kier alpha value is -2.11. The van der Waals surface area contributed by atoms with Crippen molar-refractivity contribution in [1.29, 1.82) is 0 Å². The fourth-order valence-corrected chi connectivity index (χ4v) is 3.43. The normalized spacial score (nSPS) is 11.0. The van der Waals surface area contributed by atoms with Gasteiger partial charge in [-0.25, -0.2) is 0 Å². The van der Waals surface area contributed by atoms with Crippen molar-refractivity contribution < 1.29 is 9.47 Å². The Balaban J connectivity index is 1.68. The molecule has 31 heavy (non-hydrogen) atoms. The summed E-state index contributed by atoms with van der Waals surface area (Å²) >= 11 is 24.4. The molecule has 0 unspecified atom stereocenters. The highest BCUT2D eigenvalue weighted by Crippen LogP contribution is 2.37. The van der Waals surface area contributed by atoms with Crippen LogP contribution in [0.4, 0.5) is 0 Å². The first-order valence-electron chi connectivity index (χ1n) is 9.49. The van der Waals surface area contributed by atoms with Crippen molar-refractivity contribution in [1.82, 2.24) is 5.43 Å². The Morgan fingerprint density at radius 1 is 0.839 bits per heavy atom. The molecule has 162 valence electrons. The molecule has 0 spiro atoms. The van der Waals surface area contributed by atoms with Crippen LogP contribution in [0, 0.1) is 0 Å². The molecule has 0 radical (unpaired) electrons. The Bertz CT molecular complexity index is 1060. The largest absolute Gasteiger partial charge is 0.490 e. The predicted molar refractivity (Wildman–Crippen MR) is 129 cm³/mol. The van der Waals surface area contributed by atoms with Gasteiger partial charge in [0.2, 0.25) is 0 Å². The van der Waals surface area contributed by atoms with E-state index in [2.05, 4.69) is 10.5 Å². The van der Waals surface area contributed by atoms with Gasteiger partial charge in [-0.15, -0.1) is 0 Å². The highest BCUT2D eigenvalue weighted by molar-refractivity contribution is 6.42. The van der Waals surface area contributed by atoms with Gasteiger partial charge < -0.3 is 14.9 Å². The van der Waals surface area contributed by atoms with Crippen molar-refractivity contribution in [3.63, 3.8) is 0 Å². The molecule has 0 saturated carbocycles. The van der Waals surface area contributed by atoms with Crippen LogP contribution in [0.25, 0.3) is 0 Å². The van der Waals surface area contributed by atoms with Crippen LogP contribution in [0.3, 0.4) is 0 Å². The molecule has 0 heterocycles. The maximum atomic E-state index is 6.47. The van der Waals surface area contributed by atoms with Gasteiger partial charge >= 0.3 is 0 Å². The van der Waals surface area contributed by atoms with Gasteiger partial charge in [-0.2, -0.15) is 5.10 Å². The number of halogens is 4. The Labute approximate surface area is 201 Å². The second-order valence-electron chi connectivity index (χ2n) is 6.52. The number of hydrazone groups is 1. The maximum Gasteiger partial charge on any atom is 0.180 e. The summed E-state index contributed by atoms with van der Waals surface area (Å²) in [6, 6.07) is 16.5. The molecule has 0 aliphatic heterocycles. The molecular weight excluding hydrogens is 478 g/mol. The lowest BCUT2D eigenvalue weighted by Gasteiger charge is -2.14. The molecule has 1 N–H and O–H groups in total. The van der Waals surface area contributed by atoms with Gasteiger partial charge in [0.15, 0.2) is 11.5 Å². The summed E-state index contributed by atoms with van der Waals surface area (Å²) in [6.45, 7) is 3.21. The number of nitrogens with zero attached hydrogens (tertiary/aromatic N) is 1. The number of rotatable bonds is 9. The quantitative estimate of drug-likeness (QED) is 0.247. The molecule has 3 rings (SSSR count). The topological polar surface area (TPSA) is 42.8 Å². The van der Waals surface area contributed by atoms with Crippen LogP contribution >= 0.6 is 46.4 Å². The van der Waals surface area contributed by atoms with E-state index >= 15 is 0 Å². The molecule has 3 aromatic carbocycles. The van der Waals surface area contributed by atoms with Crippen LogP contribution in [-0.2, 0) is 13.2 Å². The van der Waals surface area contributed by atoms with Crippen molar-refractivity contribution in [3.8, 4) is 11.5 Å². The van der Waals surface area contributed by atoms with Crippen molar-refractivity contribution in [2.24, 2.45) is 5.10 Å².